The van der Waals surface area contributed by atoms with Gasteiger partial charge in [0, 0.05) is 12.8 Å². The number of hydrogen-bond acceptors (Lipinski definition) is 2. The Balaban J connectivity index is 2.83. The predicted octanol–water partition coefficient (Wildman–Crippen LogP) is 3.42. The summed E-state index contributed by atoms with van der Waals surface area (Å²) in [6.07, 6.45) is 0.0966. The number of halogens is 3. The van der Waals surface area contributed by atoms with Crippen molar-refractivity contribution in [1.82, 2.24) is 0 Å². The summed E-state index contributed by atoms with van der Waals surface area (Å²) in [6.45, 7) is 3.48. The Bertz CT molecular complexity index is 355. The molecule has 0 aliphatic carbocycles. The lowest BCUT2D eigenvalue weighted by atomic mass is 9.98. The lowest BCUT2D eigenvalue weighted by Crippen LogP contribution is -2.35. The van der Waals surface area contributed by atoms with Crippen molar-refractivity contribution < 1.29 is 17.9 Å². The van der Waals surface area contributed by atoms with Crippen LogP contribution in [0.15, 0.2) is 36.0 Å². The molecule has 0 amide bonds. The number of rotatable bonds is 4. The Morgan fingerprint density at radius 2 is 2.12 bits per heavy atom. The molecule has 1 atom stereocenters. The molecule has 0 spiro atoms. The van der Waals surface area contributed by atoms with E-state index in [0.29, 0.717) is 17.6 Å². The van der Waals surface area contributed by atoms with E-state index in [9.17, 15) is 13.2 Å². The monoisotopic (exact) mass is 245 g/mol. The van der Waals surface area contributed by atoms with Gasteiger partial charge in [0.1, 0.15) is 0 Å². The fourth-order valence-corrected chi connectivity index (χ4v) is 1.53. The van der Waals surface area contributed by atoms with Crippen molar-refractivity contribution in [3.8, 4) is 0 Å². The summed E-state index contributed by atoms with van der Waals surface area (Å²) < 4.78 is 42.3. The first-order valence-corrected chi connectivity index (χ1v) is 5.17. The summed E-state index contributed by atoms with van der Waals surface area (Å²) in [7, 11) is 0. The van der Waals surface area contributed by atoms with Gasteiger partial charge >= 0.3 is 6.18 Å². The molecular formula is C12H14F3NO. The van der Waals surface area contributed by atoms with Crippen LogP contribution < -0.4 is 0 Å². The highest BCUT2D eigenvalue weighted by Crippen LogP contribution is 2.33. The summed E-state index contributed by atoms with van der Waals surface area (Å²) in [6, 6.07) is 0. The zero-order valence-electron chi connectivity index (χ0n) is 9.26. The third-order valence-corrected chi connectivity index (χ3v) is 2.44. The molecule has 1 aliphatic rings. The van der Waals surface area contributed by atoms with Crippen LogP contribution in [0.25, 0.3) is 0 Å². The van der Waals surface area contributed by atoms with Crippen molar-refractivity contribution in [2.45, 2.75) is 25.1 Å². The van der Waals surface area contributed by atoms with Crippen LogP contribution in [0.2, 0.25) is 0 Å². The molecular weight excluding hydrogens is 231 g/mol. The highest BCUT2D eigenvalue weighted by Gasteiger charge is 2.42. The van der Waals surface area contributed by atoms with E-state index in [-0.39, 0.29) is 13.0 Å². The van der Waals surface area contributed by atoms with Crippen LogP contribution >= 0.6 is 0 Å². The number of hydrogen-bond donors (Lipinski definition) is 1. The molecule has 2 nitrogen and oxygen atoms in total. The molecule has 94 valence electrons. The molecule has 0 aromatic rings. The number of alkyl halides is 3. The molecule has 1 N–H and O–H groups in total. The van der Waals surface area contributed by atoms with Gasteiger partial charge in [-0.05, 0) is 17.4 Å². The second-order valence-electron chi connectivity index (χ2n) is 3.64. The van der Waals surface area contributed by atoms with Gasteiger partial charge in [0.05, 0.1) is 6.61 Å². The van der Waals surface area contributed by atoms with Gasteiger partial charge in [0.15, 0.2) is 6.10 Å². The number of nitrogens with one attached hydrogen (secondary N) is 1. The molecule has 0 saturated heterocycles. The number of allylic oxidation sites excluding steroid dienone is 2. The van der Waals surface area contributed by atoms with E-state index in [1.54, 1.807) is 12.2 Å². The van der Waals surface area contributed by atoms with Crippen molar-refractivity contribution in [2.75, 3.05) is 6.61 Å². The standard InChI is InChI=1S/C12H14F3NO/c1-2-9-8-17-11(12(13,14)15)7-10(9)5-3-4-6-16/h2-3,5-6,11,16H,1,4,7-8H2/b5-3-,16-6?. The Morgan fingerprint density at radius 1 is 1.41 bits per heavy atom. The van der Waals surface area contributed by atoms with Gasteiger partial charge in [-0.1, -0.05) is 24.8 Å². The van der Waals surface area contributed by atoms with Crippen LogP contribution in [0.1, 0.15) is 12.8 Å². The van der Waals surface area contributed by atoms with E-state index in [0.717, 1.165) is 0 Å². The minimum Gasteiger partial charge on any atom is -0.364 e. The first-order valence-electron chi connectivity index (χ1n) is 5.17. The molecule has 17 heavy (non-hydrogen) atoms. The van der Waals surface area contributed by atoms with Crippen molar-refractivity contribution in [3.63, 3.8) is 0 Å². The summed E-state index contributed by atoms with van der Waals surface area (Å²) in [5.41, 5.74) is 1.25. The number of ether oxygens (including phenoxy) is 1. The smallest absolute Gasteiger partial charge is 0.364 e. The summed E-state index contributed by atoms with van der Waals surface area (Å²) >= 11 is 0. The van der Waals surface area contributed by atoms with Crippen molar-refractivity contribution in [3.05, 3.63) is 36.0 Å². The largest absolute Gasteiger partial charge is 0.414 e. The Morgan fingerprint density at radius 3 is 2.65 bits per heavy atom. The molecule has 0 aromatic heterocycles. The van der Waals surface area contributed by atoms with Gasteiger partial charge in [0.2, 0.25) is 0 Å². The van der Waals surface area contributed by atoms with Gasteiger partial charge < -0.3 is 10.1 Å². The van der Waals surface area contributed by atoms with E-state index in [1.165, 1.54) is 12.3 Å². The lowest BCUT2D eigenvalue weighted by Gasteiger charge is -2.27. The minimum absolute atomic E-state index is 0.0715. The molecule has 1 heterocycles. The normalized spacial score (nSPS) is 21.9. The lowest BCUT2D eigenvalue weighted by molar-refractivity contribution is -0.219. The predicted molar refractivity (Wildman–Crippen MR) is 60.2 cm³/mol. The summed E-state index contributed by atoms with van der Waals surface area (Å²) in [5, 5.41) is 6.84. The average molecular weight is 245 g/mol. The Hall–Kier alpha value is -1.36. The van der Waals surface area contributed by atoms with E-state index in [2.05, 4.69) is 6.58 Å². The second kappa shape index (κ2) is 5.82. The third-order valence-electron chi connectivity index (χ3n) is 2.44. The van der Waals surface area contributed by atoms with E-state index >= 15 is 0 Å². The molecule has 0 aromatic carbocycles. The Labute approximate surface area is 98.0 Å². The highest BCUT2D eigenvalue weighted by atomic mass is 19.4. The quantitative estimate of drug-likeness (QED) is 0.756. The molecule has 5 heteroatoms. The average Bonchev–Trinajstić information content (AvgIpc) is 2.28. The summed E-state index contributed by atoms with van der Waals surface area (Å²) in [5.74, 6) is 0. The molecule has 1 aliphatic heterocycles. The Kier molecular flexibility index (Phi) is 4.69. The fraction of sp³-hybridized carbons (Fsp3) is 0.417. The van der Waals surface area contributed by atoms with Crippen LogP contribution in [0.4, 0.5) is 13.2 Å². The van der Waals surface area contributed by atoms with Crippen molar-refractivity contribution >= 4 is 6.21 Å². The van der Waals surface area contributed by atoms with E-state index < -0.39 is 12.3 Å². The van der Waals surface area contributed by atoms with Gasteiger partial charge in [0.25, 0.3) is 0 Å². The highest BCUT2D eigenvalue weighted by molar-refractivity contribution is 5.55. The van der Waals surface area contributed by atoms with Crippen molar-refractivity contribution in [1.29, 1.82) is 5.41 Å². The fourth-order valence-electron chi connectivity index (χ4n) is 1.53. The van der Waals surface area contributed by atoms with Crippen LogP contribution in [0.3, 0.4) is 0 Å². The second-order valence-corrected chi connectivity index (χ2v) is 3.64. The van der Waals surface area contributed by atoms with Crippen LogP contribution in [0.5, 0.6) is 0 Å². The SMILES string of the molecule is C=CC1=C(/C=C\CC=N)CC(C(F)(F)F)OC1. The molecule has 0 fully saturated rings. The van der Waals surface area contributed by atoms with Crippen molar-refractivity contribution in [2.24, 2.45) is 0 Å². The maximum Gasteiger partial charge on any atom is 0.414 e. The van der Waals surface area contributed by atoms with Gasteiger partial charge in [-0.25, -0.2) is 0 Å². The van der Waals surface area contributed by atoms with E-state index in [4.69, 9.17) is 10.1 Å². The zero-order valence-corrected chi connectivity index (χ0v) is 9.26. The first kappa shape index (κ1) is 13.7. The van der Waals surface area contributed by atoms with Gasteiger partial charge in [-0.3, -0.25) is 0 Å². The zero-order chi connectivity index (χ0) is 12.9. The summed E-state index contributed by atoms with van der Waals surface area (Å²) in [4.78, 5) is 0. The first-order chi connectivity index (χ1) is 7.99. The van der Waals surface area contributed by atoms with Crippen LogP contribution in [0, 0.1) is 5.41 Å². The third kappa shape index (κ3) is 3.85. The molecule has 1 unspecified atom stereocenters. The maximum absolute atomic E-state index is 12.5. The van der Waals surface area contributed by atoms with Crippen LogP contribution in [-0.4, -0.2) is 25.1 Å². The minimum atomic E-state index is -4.34. The molecule has 0 radical (unpaired) electrons. The van der Waals surface area contributed by atoms with E-state index in [1.807, 2.05) is 0 Å². The molecule has 0 saturated carbocycles. The molecule has 0 bridgehead atoms. The van der Waals surface area contributed by atoms with Gasteiger partial charge in [-0.15, -0.1) is 0 Å². The van der Waals surface area contributed by atoms with Gasteiger partial charge in [-0.2, -0.15) is 13.2 Å². The van der Waals surface area contributed by atoms with Crippen LogP contribution in [-0.2, 0) is 4.74 Å². The maximum atomic E-state index is 12.5. The molecule has 1 rings (SSSR count). The topological polar surface area (TPSA) is 33.1 Å².